The fourth-order valence-corrected chi connectivity index (χ4v) is 1.89. The number of aryl methyl sites for hydroxylation is 1. The third-order valence-corrected chi connectivity index (χ3v) is 3.00. The Balaban J connectivity index is 2.14. The van der Waals surface area contributed by atoms with Crippen LogP contribution in [0.25, 0.3) is 0 Å². The SMILES string of the molecule is CCSc1nncn1N=Cc1ccc(C)cc1. The van der Waals surface area contributed by atoms with E-state index in [2.05, 4.69) is 41.3 Å². The van der Waals surface area contributed by atoms with Gasteiger partial charge in [-0.05, 0) is 18.2 Å². The van der Waals surface area contributed by atoms with Crippen LogP contribution in [0.3, 0.4) is 0 Å². The van der Waals surface area contributed by atoms with Crippen molar-refractivity contribution in [3.05, 3.63) is 41.7 Å². The molecular weight excluding hydrogens is 232 g/mol. The lowest BCUT2D eigenvalue weighted by Crippen LogP contribution is -1.92. The molecule has 0 N–H and O–H groups in total. The number of aromatic nitrogens is 3. The van der Waals surface area contributed by atoms with Gasteiger partial charge < -0.3 is 0 Å². The van der Waals surface area contributed by atoms with E-state index in [4.69, 9.17) is 0 Å². The summed E-state index contributed by atoms with van der Waals surface area (Å²) >= 11 is 1.62. The third-order valence-electron chi connectivity index (χ3n) is 2.18. The molecule has 0 saturated heterocycles. The van der Waals surface area contributed by atoms with E-state index < -0.39 is 0 Å². The fraction of sp³-hybridized carbons (Fsp3) is 0.250. The van der Waals surface area contributed by atoms with Crippen molar-refractivity contribution in [3.63, 3.8) is 0 Å². The van der Waals surface area contributed by atoms with Gasteiger partial charge in [0, 0.05) is 0 Å². The van der Waals surface area contributed by atoms with Crippen LogP contribution in [-0.2, 0) is 0 Å². The van der Waals surface area contributed by atoms with Gasteiger partial charge >= 0.3 is 0 Å². The Morgan fingerprint density at radius 3 is 2.82 bits per heavy atom. The molecule has 1 aromatic carbocycles. The molecule has 17 heavy (non-hydrogen) atoms. The zero-order valence-corrected chi connectivity index (χ0v) is 10.7. The van der Waals surface area contributed by atoms with Gasteiger partial charge in [-0.3, -0.25) is 0 Å². The zero-order chi connectivity index (χ0) is 12.1. The summed E-state index contributed by atoms with van der Waals surface area (Å²) in [6, 6.07) is 8.20. The maximum atomic E-state index is 4.33. The Bertz CT molecular complexity index is 501. The molecule has 2 aromatic rings. The Kier molecular flexibility index (Phi) is 3.93. The largest absolute Gasteiger partial charge is 0.211 e. The quantitative estimate of drug-likeness (QED) is 0.615. The molecule has 1 aromatic heterocycles. The number of rotatable bonds is 4. The summed E-state index contributed by atoms with van der Waals surface area (Å²) < 4.78 is 1.69. The maximum Gasteiger partial charge on any atom is 0.211 e. The zero-order valence-electron chi connectivity index (χ0n) is 9.87. The van der Waals surface area contributed by atoms with Crippen LogP contribution in [0.15, 0.2) is 40.9 Å². The highest BCUT2D eigenvalue weighted by atomic mass is 32.2. The highest BCUT2D eigenvalue weighted by Gasteiger charge is 2.00. The van der Waals surface area contributed by atoms with E-state index in [9.17, 15) is 0 Å². The second-order valence-corrected chi connectivity index (χ2v) is 4.78. The van der Waals surface area contributed by atoms with Crippen molar-refractivity contribution in [1.82, 2.24) is 14.9 Å². The van der Waals surface area contributed by atoms with Crippen LogP contribution < -0.4 is 0 Å². The van der Waals surface area contributed by atoms with Crippen LogP contribution in [0.4, 0.5) is 0 Å². The molecule has 0 aliphatic heterocycles. The molecule has 0 aliphatic rings. The highest BCUT2D eigenvalue weighted by Crippen LogP contribution is 2.13. The van der Waals surface area contributed by atoms with Gasteiger partial charge in [-0.15, -0.1) is 10.2 Å². The smallest absolute Gasteiger partial charge is 0.195 e. The van der Waals surface area contributed by atoms with Crippen molar-refractivity contribution in [2.24, 2.45) is 5.10 Å². The molecule has 0 bridgehead atoms. The molecule has 88 valence electrons. The van der Waals surface area contributed by atoms with E-state index in [1.807, 2.05) is 18.3 Å². The lowest BCUT2D eigenvalue weighted by molar-refractivity contribution is 0.767. The first-order valence-electron chi connectivity index (χ1n) is 5.43. The summed E-state index contributed by atoms with van der Waals surface area (Å²) in [5.74, 6) is 0.957. The molecule has 4 nitrogen and oxygen atoms in total. The van der Waals surface area contributed by atoms with E-state index in [1.54, 1.807) is 22.8 Å². The van der Waals surface area contributed by atoms with E-state index in [0.717, 1.165) is 16.5 Å². The molecule has 2 rings (SSSR count). The van der Waals surface area contributed by atoms with Gasteiger partial charge in [-0.25, -0.2) is 0 Å². The van der Waals surface area contributed by atoms with Crippen LogP contribution in [0.1, 0.15) is 18.1 Å². The van der Waals surface area contributed by atoms with Gasteiger partial charge in [-0.1, -0.05) is 48.5 Å². The Labute approximate surface area is 105 Å². The van der Waals surface area contributed by atoms with E-state index in [1.165, 1.54) is 5.56 Å². The lowest BCUT2D eigenvalue weighted by Gasteiger charge is -1.97. The number of hydrogen-bond acceptors (Lipinski definition) is 4. The van der Waals surface area contributed by atoms with Gasteiger partial charge in [0.05, 0.1) is 6.21 Å². The highest BCUT2D eigenvalue weighted by molar-refractivity contribution is 7.99. The average molecular weight is 246 g/mol. The van der Waals surface area contributed by atoms with Gasteiger partial charge in [-0.2, -0.15) is 9.78 Å². The van der Waals surface area contributed by atoms with Crippen LogP contribution >= 0.6 is 11.8 Å². The van der Waals surface area contributed by atoms with Gasteiger partial charge in [0.25, 0.3) is 0 Å². The van der Waals surface area contributed by atoms with Crippen molar-refractivity contribution < 1.29 is 0 Å². The van der Waals surface area contributed by atoms with Crippen molar-refractivity contribution in [2.75, 3.05) is 5.75 Å². The molecule has 0 amide bonds. The number of benzene rings is 1. The maximum absolute atomic E-state index is 4.33. The Morgan fingerprint density at radius 1 is 1.35 bits per heavy atom. The molecule has 0 radical (unpaired) electrons. The molecule has 0 spiro atoms. The van der Waals surface area contributed by atoms with Gasteiger partial charge in [0.1, 0.15) is 6.33 Å². The lowest BCUT2D eigenvalue weighted by atomic mass is 10.2. The Hall–Kier alpha value is -1.62. The molecule has 0 saturated carbocycles. The minimum absolute atomic E-state index is 0.816. The molecule has 0 unspecified atom stereocenters. The summed E-state index contributed by atoms with van der Waals surface area (Å²) in [4.78, 5) is 0. The first-order valence-corrected chi connectivity index (χ1v) is 6.42. The second kappa shape index (κ2) is 5.63. The standard InChI is InChI=1S/C12H14N4S/c1-3-17-12-15-13-9-16(12)14-8-11-6-4-10(2)5-7-11/h4-9H,3H2,1-2H3. The molecule has 0 atom stereocenters. The van der Waals surface area contributed by atoms with Gasteiger partial charge in [0.2, 0.25) is 5.16 Å². The monoisotopic (exact) mass is 246 g/mol. The fourth-order valence-electron chi connectivity index (χ4n) is 1.30. The predicted octanol–water partition coefficient (Wildman–Crippen LogP) is 2.58. The van der Waals surface area contributed by atoms with Crippen molar-refractivity contribution in [1.29, 1.82) is 0 Å². The summed E-state index contributed by atoms with van der Waals surface area (Å²) in [6.45, 7) is 4.14. The first kappa shape index (κ1) is 11.9. The van der Waals surface area contributed by atoms with Crippen molar-refractivity contribution >= 4 is 18.0 Å². The van der Waals surface area contributed by atoms with Crippen LogP contribution in [0.2, 0.25) is 0 Å². The van der Waals surface area contributed by atoms with Crippen LogP contribution in [0, 0.1) is 6.92 Å². The molecule has 0 aliphatic carbocycles. The summed E-state index contributed by atoms with van der Waals surface area (Å²) in [5, 5.41) is 13.0. The normalized spacial score (nSPS) is 11.2. The van der Waals surface area contributed by atoms with E-state index in [0.29, 0.717) is 0 Å². The third kappa shape index (κ3) is 3.17. The Morgan fingerprint density at radius 2 is 2.12 bits per heavy atom. The minimum Gasteiger partial charge on any atom is -0.195 e. The van der Waals surface area contributed by atoms with Crippen molar-refractivity contribution in [2.45, 2.75) is 19.0 Å². The topological polar surface area (TPSA) is 43.1 Å². The predicted molar refractivity (Wildman–Crippen MR) is 70.6 cm³/mol. The summed E-state index contributed by atoms with van der Waals surface area (Å²) in [7, 11) is 0. The average Bonchev–Trinajstić information content (AvgIpc) is 2.77. The number of hydrogen-bond donors (Lipinski definition) is 0. The van der Waals surface area contributed by atoms with E-state index in [-0.39, 0.29) is 0 Å². The summed E-state index contributed by atoms with van der Waals surface area (Å²) in [6.07, 6.45) is 3.42. The van der Waals surface area contributed by atoms with E-state index >= 15 is 0 Å². The van der Waals surface area contributed by atoms with Crippen LogP contribution in [0.5, 0.6) is 0 Å². The minimum atomic E-state index is 0.816. The number of thioether (sulfide) groups is 1. The summed E-state index contributed by atoms with van der Waals surface area (Å²) in [5.41, 5.74) is 2.31. The molecular formula is C12H14N4S. The number of nitrogens with zero attached hydrogens (tertiary/aromatic N) is 4. The van der Waals surface area contributed by atoms with Crippen molar-refractivity contribution in [3.8, 4) is 0 Å². The molecule has 5 heteroatoms. The van der Waals surface area contributed by atoms with Gasteiger partial charge in [0.15, 0.2) is 0 Å². The van der Waals surface area contributed by atoms with Crippen LogP contribution in [-0.4, -0.2) is 26.8 Å². The molecule has 0 fully saturated rings. The second-order valence-electron chi connectivity index (χ2n) is 3.55. The first-order chi connectivity index (χ1) is 8.29. The molecule has 1 heterocycles.